The van der Waals surface area contributed by atoms with E-state index in [4.69, 9.17) is 21.6 Å². The minimum absolute atomic E-state index is 0.167. The first kappa shape index (κ1) is 24.4. The molecule has 0 unspecified atom stereocenters. The van der Waals surface area contributed by atoms with Crippen LogP contribution in [0.4, 0.5) is 17.5 Å². The summed E-state index contributed by atoms with van der Waals surface area (Å²) in [7, 11) is 0. The van der Waals surface area contributed by atoms with Crippen molar-refractivity contribution >= 4 is 29.1 Å². The number of aliphatic hydroxyl groups is 1. The summed E-state index contributed by atoms with van der Waals surface area (Å²) in [5.41, 5.74) is 2.76. The topological polar surface area (TPSA) is 86.2 Å². The maximum Gasteiger partial charge on any atom is 0.229 e. The molecule has 2 aromatic heterocycles. The van der Waals surface area contributed by atoms with Crippen molar-refractivity contribution in [3.8, 4) is 0 Å². The van der Waals surface area contributed by atoms with Gasteiger partial charge in [0, 0.05) is 35.7 Å². The summed E-state index contributed by atoms with van der Waals surface area (Å²) in [6.45, 7) is 4.75. The second kappa shape index (κ2) is 10.1. The van der Waals surface area contributed by atoms with Gasteiger partial charge in [-0.3, -0.25) is 0 Å². The Kier molecular flexibility index (Phi) is 6.82. The van der Waals surface area contributed by atoms with Crippen LogP contribution in [0.15, 0.2) is 24.5 Å². The van der Waals surface area contributed by atoms with Crippen LogP contribution in [0.25, 0.3) is 0 Å². The monoisotopic (exact) mass is 510 g/mol. The maximum atomic E-state index is 9.96. The number of aromatic nitrogens is 3. The van der Waals surface area contributed by atoms with Gasteiger partial charge in [0.25, 0.3) is 0 Å². The number of pyridine rings is 1. The van der Waals surface area contributed by atoms with E-state index < -0.39 is 0 Å². The van der Waals surface area contributed by atoms with E-state index in [1.807, 2.05) is 12.3 Å². The molecule has 194 valence electrons. The van der Waals surface area contributed by atoms with E-state index in [0.717, 1.165) is 62.0 Å². The fourth-order valence-electron chi connectivity index (χ4n) is 7.41. The van der Waals surface area contributed by atoms with Crippen LogP contribution < -0.4 is 10.6 Å². The van der Waals surface area contributed by atoms with Crippen molar-refractivity contribution < 1.29 is 5.11 Å². The number of hydrogen-bond acceptors (Lipinski definition) is 7. The largest absolute Gasteiger partial charge is 0.393 e. The Morgan fingerprint density at radius 2 is 1.78 bits per heavy atom. The van der Waals surface area contributed by atoms with Crippen LogP contribution in [0.5, 0.6) is 0 Å². The van der Waals surface area contributed by atoms with Crippen LogP contribution in [0.3, 0.4) is 0 Å². The zero-order valence-electron chi connectivity index (χ0n) is 21.3. The molecule has 3 N–H and O–H groups in total. The summed E-state index contributed by atoms with van der Waals surface area (Å²) >= 11 is 6.06. The summed E-state index contributed by atoms with van der Waals surface area (Å²) in [5, 5.41) is 17.4. The van der Waals surface area contributed by atoms with Crippen molar-refractivity contribution in [1.82, 2.24) is 19.9 Å². The molecule has 1 spiro atoms. The van der Waals surface area contributed by atoms with E-state index in [-0.39, 0.29) is 6.10 Å². The lowest BCUT2D eigenvalue weighted by atomic mass is 9.50. The molecule has 0 atom stereocenters. The Hall–Kier alpha value is -1.96. The second-order valence-electron chi connectivity index (χ2n) is 12.0. The molecule has 6 rings (SSSR count). The Morgan fingerprint density at radius 1 is 1.03 bits per heavy atom. The second-order valence-corrected chi connectivity index (χ2v) is 12.4. The van der Waals surface area contributed by atoms with Gasteiger partial charge in [0.05, 0.1) is 6.10 Å². The predicted octanol–water partition coefficient (Wildman–Crippen LogP) is 5.74. The third kappa shape index (κ3) is 5.20. The number of rotatable bonds is 6. The summed E-state index contributed by atoms with van der Waals surface area (Å²) < 4.78 is 0. The van der Waals surface area contributed by atoms with E-state index in [9.17, 15) is 5.11 Å². The summed E-state index contributed by atoms with van der Waals surface area (Å²) in [6, 6.07) is 4.78. The van der Waals surface area contributed by atoms with Crippen molar-refractivity contribution in [2.75, 3.05) is 23.7 Å². The van der Waals surface area contributed by atoms with Crippen LogP contribution in [0.1, 0.15) is 82.6 Å². The van der Waals surface area contributed by atoms with Crippen LogP contribution in [-0.4, -0.2) is 56.2 Å². The first-order valence-corrected chi connectivity index (χ1v) is 14.3. The smallest absolute Gasteiger partial charge is 0.229 e. The fraction of sp³-hybridized carbons (Fsp3) is 0.679. The van der Waals surface area contributed by atoms with Crippen molar-refractivity contribution in [2.45, 2.75) is 95.2 Å². The lowest BCUT2D eigenvalue weighted by molar-refractivity contribution is -0.0879. The van der Waals surface area contributed by atoms with Crippen molar-refractivity contribution in [1.29, 1.82) is 0 Å². The van der Waals surface area contributed by atoms with Gasteiger partial charge in [0.2, 0.25) is 5.95 Å². The van der Waals surface area contributed by atoms with Crippen LogP contribution in [0.2, 0.25) is 5.15 Å². The number of nitrogens with zero attached hydrogens (tertiary/aromatic N) is 4. The zero-order valence-corrected chi connectivity index (χ0v) is 22.1. The highest BCUT2D eigenvalue weighted by Gasteiger charge is 2.52. The zero-order chi connectivity index (χ0) is 24.7. The number of nitrogens with one attached hydrogen (secondary N) is 2. The standard InChI is InChI=1S/C28H39ClN6O/c1-18-13-28(14-18)15-22(16-28)35-10-7-19(8-11-35)24-17-31-27(33-21-6-9-30-25(29)12-21)34-26(24)32-20-2-4-23(36)5-3-20/h6,9,12,17-20,22-23,36H,2-5,7-8,10-11,13-16H2,1H3,(H2,30,31,32,33,34). The lowest BCUT2D eigenvalue weighted by Crippen LogP contribution is -2.57. The average Bonchev–Trinajstić information content (AvgIpc) is 2.82. The van der Waals surface area contributed by atoms with E-state index in [1.165, 1.54) is 44.3 Å². The Morgan fingerprint density at radius 3 is 2.47 bits per heavy atom. The number of halogens is 1. The minimum Gasteiger partial charge on any atom is -0.393 e. The number of aliphatic hydroxyl groups excluding tert-OH is 1. The van der Waals surface area contributed by atoms with Gasteiger partial charge < -0.3 is 20.6 Å². The molecule has 3 saturated carbocycles. The molecule has 2 aromatic rings. The van der Waals surface area contributed by atoms with Gasteiger partial charge in [0.15, 0.2) is 0 Å². The molecule has 3 heterocycles. The molecule has 7 nitrogen and oxygen atoms in total. The van der Waals surface area contributed by atoms with Crippen LogP contribution in [0, 0.1) is 11.3 Å². The van der Waals surface area contributed by atoms with Gasteiger partial charge in [0.1, 0.15) is 11.0 Å². The Balaban J connectivity index is 1.14. The number of likely N-dealkylation sites (tertiary alicyclic amines) is 1. The SMILES string of the molecule is CC1CC2(C1)CC(N1CCC(c3cnc(Nc4ccnc(Cl)c4)nc3NC3CCC(O)CC3)CC1)C2. The van der Waals surface area contributed by atoms with Crippen LogP contribution in [-0.2, 0) is 0 Å². The highest BCUT2D eigenvalue weighted by Crippen LogP contribution is 2.60. The Bertz CT molecular complexity index is 1050. The third-order valence-corrected chi connectivity index (χ3v) is 9.43. The van der Waals surface area contributed by atoms with E-state index in [2.05, 4.69) is 27.4 Å². The fourth-order valence-corrected chi connectivity index (χ4v) is 7.59. The van der Waals surface area contributed by atoms with Gasteiger partial charge in [-0.05, 0) is 107 Å². The van der Waals surface area contributed by atoms with Gasteiger partial charge in [-0.1, -0.05) is 18.5 Å². The maximum absolute atomic E-state index is 9.96. The van der Waals surface area contributed by atoms with E-state index in [0.29, 0.717) is 28.5 Å². The highest BCUT2D eigenvalue weighted by molar-refractivity contribution is 6.29. The van der Waals surface area contributed by atoms with E-state index >= 15 is 0 Å². The molecule has 0 aromatic carbocycles. The van der Waals surface area contributed by atoms with Gasteiger partial charge in [-0.25, -0.2) is 9.97 Å². The minimum atomic E-state index is -0.167. The molecular weight excluding hydrogens is 472 g/mol. The van der Waals surface area contributed by atoms with Crippen LogP contribution >= 0.6 is 11.6 Å². The third-order valence-electron chi connectivity index (χ3n) is 9.22. The number of hydrogen-bond donors (Lipinski definition) is 3. The lowest BCUT2D eigenvalue weighted by Gasteiger charge is -2.60. The quantitative estimate of drug-likeness (QED) is 0.427. The van der Waals surface area contributed by atoms with Crippen molar-refractivity contribution in [3.63, 3.8) is 0 Å². The molecule has 0 amide bonds. The molecule has 1 aliphatic heterocycles. The van der Waals surface area contributed by atoms with Crippen molar-refractivity contribution in [2.24, 2.45) is 11.3 Å². The molecule has 4 aliphatic rings. The molecule has 8 heteroatoms. The van der Waals surface area contributed by atoms with Gasteiger partial charge >= 0.3 is 0 Å². The average molecular weight is 511 g/mol. The highest BCUT2D eigenvalue weighted by atomic mass is 35.5. The molecule has 4 fully saturated rings. The first-order chi connectivity index (χ1) is 17.4. The predicted molar refractivity (Wildman–Crippen MR) is 144 cm³/mol. The summed E-state index contributed by atoms with van der Waals surface area (Å²) in [5.74, 6) is 2.92. The number of piperidine rings is 1. The molecule has 1 saturated heterocycles. The van der Waals surface area contributed by atoms with Crippen molar-refractivity contribution in [3.05, 3.63) is 35.2 Å². The summed E-state index contributed by atoms with van der Waals surface area (Å²) in [4.78, 5) is 16.4. The molecular formula is C28H39ClN6O. The van der Waals surface area contributed by atoms with E-state index in [1.54, 1.807) is 12.3 Å². The molecule has 0 radical (unpaired) electrons. The molecule has 3 aliphatic carbocycles. The Labute approximate surface area is 219 Å². The molecule has 0 bridgehead atoms. The van der Waals surface area contributed by atoms with Gasteiger partial charge in [-0.2, -0.15) is 4.98 Å². The summed E-state index contributed by atoms with van der Waals surface area (Å²) in [6.07, 6.45) is 15.2. The number of anilines is 3. The molecule has 36 heavy (non-hydrogen) atoms. The normalized spacial score (nSPS) is 33.1. The first-order valence-electron chi connectivity index (χ1n) is 13.9. The van der Waals surface area contributed by atoms with Gasteiger partial charge in [-0.15, -0.1) is 0 Å².